The van der Waals surface area contributed by atoms with Crippen LogP contribution in [-0.2, 0) is 10.0 Å². The highest BCUT2D eigenvalue weighted by Gasteiger charge is 2.19. The van der Waals surface area contributed by atoms with Crippen molar-refractivity contribution in [3.8, 4) is 22.6 Å². The van der Waals surface area contributed by atoms with Gasteiger partial charge in [-0.25, -0.2) is 13.6 Å². The van der Waals surface area contributed by atoms with E-state index in [-0.39, 0.29) is 27.5 Å². The SMILES string of the molecule is NC(=O)c1cccc(Oc2cccc3ccccc23)c1NC(=O)c1ccc(-c2ccccc2S(N)(=O)=O)cc1. The maximum Gasteiger partial charge on any atom is 0.255 e. The molecule has 5 N–H and O–H groups in total. The summed E-state index contributed by atoms with van der Waals surface area (Å²) in [6, 6.07) is 30.7. The van der Waals surface area contributed by atoms with Gasteiger partial charge in [0.1, 0.15) is 5.75 Å². The Labute approximate surface area is 224 Å². The summed E-state index contributed by atoms with van der Waals surface area (Å²) in [7, 11) is -3.94. The Morgan fingerprint density at radius 1 is 0.718 bits per heavy atom. The van der Waals surface area contributed by atoms with Crippen molar-refractivity contribution < 1.29 is 22.7 Å². The molecule has 5 aromatic carbocycles. The van der Waals surface area contributed by atoms with Gasteiger partial charge < -0.3 is 15.8 Å². The molecule has 0 bridgehead atoms. The number of carbonyl (C=O) groups excluding carboxylic acids is 2. The lowest BCUT2D eigenvalue weighted by atomic mass is 10.0. The number of anilines is 1. The van der Waals surface area contributed by atoms with E-state index in [4.69, 9.17) is 15.6 Å². The Morgan fingerprint density at radius 3 is 2.10 bits per heavy atom. The maximum atomic E-state index is 13.2. The number of amides is 2. The van der Waals surface area contributed by atoms with Crippen molar-refractivity contribution in [3.05, 3.63) is 120 Å². The standard InChI is InChI=1S/C30H23N3O5S/c31-29(34)24-11-6-13-26(38-25-12-5-8-19-7-1-2-9-22(19)25)28(24)33-30(35)21-17-15-20(16-18-21)23-10-3-4-14-27(23)39(32,36)37/h1-18H,(H2,31,34)(H,33,35)(H2,32,36,37). The zero-order chi connectivity index (χ0) is 27.6. The number of primary amides is 1. The van der Waals surface area contributed by atoms with Crippen LogP contribution in [0.3, 0.4) is 0 Å². The van der Waals surface area contributed by atoms with Crippen LogP contribution >= 0.6 is 0 Å². The monoisotopic (exact) mass is 537 g/mol. The molecule has 0 radical (unpaired) electrons. The number of nitrogens with one attached hydrogen (secondary N) is 1. The van der Waals surface area contributed by atoms with Crippen LogP contribution in [0.2, 0.25) is 0 Å². The number of benzene rings is 5. The summed E-state index contributed by atoms with van der Waals surface area (Å²) >= 11 is 0. The van der Waals surface area contributed by atoms with Gasteiger partial charge in [0.15, 0.2) is 5.75 Å². The third-order valence-electron chi connectivity index (χ3n) is 6.15. The molecule has 0 saturated heterocycles. The summed E-state index contributed by atoms with van der Waals surface area (Å²) in [4.78, 5) is 25.5. The first kappa shape index (κ1) is 25.7. The van der Waals surface area contributed by atoms with E-state index >= 15 is 0 Å². The fourth-order valence-electron chi connectivity index (χ4n) is 4.29. The van der Waals surface area contributed by atoms with E-state index in [1.807, 2.05) is 36.4 Å². The second kappa shape index (κ2) is 10.4. The third-order valence-corrected chi connectivity index (χ3v) is 7.12. The van der Waals surface area contributed by atoms with E-state index in [2.05, 4.69) is 5.32 Å². The van der Waals surface area contributed by atoms with Crippen molar-refractivity contribution in [1.82, 2.24) is 0 Å². The van der Waals surface area contributed by atoms with Gasteiger partial charge >= 0.3 is 0 Å². The molecule has 9 heteroatoms. The van der Waals surface area contributed by atoms with Gasteiger partial charge in [0.25, 0.3) is 11.8 Å². The molecule has 39 heavy (non-hydrogen) atoms. The zero-order valence-corrected chi connectivity index (χ0v) is 21.3. The number of fused-ring (bicyclic) bond motifs is 1. The molecule has 0 aliphatic heterocycles. The van der Waals surface area contributed by atoms with Crippen molar-refractivity contribution in [3.63, 3.8) is 0 Å². The average Bonchev–Trinajstić information content (AvgIpc) is 2.93. The van der Waals surface area contributed by atoms with Crippen molar-refractivity contribution in [1.29, 1.82) is 0 Å². The molecular weight excluding hydrogens is 514 g/mol. The molecule has 0 atom stereocenters. The number of ether oxygens (including phenoxy) is 1. The Balaban J connectivity index is 1.47. The van der Waals surface area contributed by atoms with Crippen molar-refractivity contribution in [2.75, 3.05) is 5.32 Å². The van der Waals surface area contributed by atoms with Crippen LogP contribution in [0, 0.1) is 0 Å². The Hall–Kier alpha value is -4.99. The molecule has 0 spiro atoms. The second-order valence-corrected chi connectivity index (χ2v) is 10.2. The smallest absolute Gasteiger partial charge is 0.255 e. The van der Waals surface area contributed by atoms with Crippen molar-refractivity contribution in [2.45, 2.75) is 4.90 Å². The number of sulfonamides is 1. The molecule has 0 aliphatic carbocycles. The van der Waals surface area contributed by atoms with Gasteiger partial charge in [-0.05, 0) is 47.3 Å². The first-order valence-corrected chi connectivity index (χ1v) is 13.4. The van der Waals surface area contributed by atoms with Crippen molar-refractivity contribution in [2.24, 2.45) is 10.9 Å². The highest BCUT2D eigenvalue weighted by molar-refractivity contribution is 7.89. The molecule has 8 nitrogen and oxygen atoms in total. The van der Waals surface area contributed by atoms with Gasteiger partial charge in [-0.3, -0.25) is 9.59 Å². The van der Waals surface area contributed by atoms with Crippen LogP contribution in [0.5, 0.6) is 11.5 Å². The molecule has 0 fully saturated rings. The molecule has 0 aromatic heterocycles. The van der Waals surface area contributed by atoms with E-state index in [9.17, 15) is 18.0 Å². The first-order valence-electron chi connectivity index (χ1n) is 11.8. The molecule has 194 valence electrons. The Morgan fingerprint density at radius 2 is 1.36 bits per heavy atom. The van der Waals surface area contributed by atoms with Crippen LogP contribution in [0.4, 0.5) is 5.69 Å². The minimum atomic E-state index is -3.94. The van der Waals surface area contributed by atoms with E-state index < -0.39 is 21.8 Å². The van der Waals surface area contributed by atoms with Crippen LogP contribution in [0.15, 0.2) is 114 Å². The number of nitrogens with two attached hydrogens (primary N) is 2. The van der Waals surface area contributed by atoms with Crippen molar-refractivity contribution >= 4 is 38.3 Å². The van der Waals surface area contributed by atoms with E-state index in [1.54, 1.807) is 60.7 Å². The van der Waals surface area contributed by atoms with Crippen LogP contribution in [0.25, 0.3) is 21.9 Å². The largest absolute Gasteiger partial charge is 0.455 e. The molecule has 5 rings (SSSR count). The minimum Gasteiger partial charge on any atom is -0.455 e. The van der Waals surface area contributed by atoms with Gasteiger partial charge in [-0.2, -0.15) is 0 Å². The van der Waals surface area contributed by atoms with Gasteiger partial charge in [0.2, 0.25) is 10.0 Å². The molecule has 0 unspecified atom stereocenters. The fourth-order valence-corrected chi connectivity index (χ4v) is 5.05. The number of hydrogen-bond donors (Lipinski definition) is 3. The third kappa shape index (κ3) is 5.35. The summed E-state index contributed by atoms with van der Waals surface area (Å²) in [5.74, 6) is -0.459. The summed E-state index contributed by atoms with van der Waals surface area (Å²) in [6.45, 7) is 0. The molecular formula is C30H23N3O5S. The lowest BCUT2D eigenvalue weighted by Crippen LogP contribution is -2.19. The quantitative estimate of drug-likeness (QED) is 0.258. The van der Waals surface area contributed by atoms with Gasteiger partial charge in [0.05, 0.1) is 16.1 Å². The first-order chi connectivity index (χ1) is 18.7. The highest BCUT2D eigenvalue weighted by Crippen LogP contribution is 2.36. The van der Waals surface area contributed by atoms with Crippen LogP contribution < -0.4 is 20.9 Å². The average molecular weight is 538 g/mol. The van der Waals surface area contributed by atoms with Gasteiger partial charge in [-0.15, -0.1) is 0 Å². The second-order valence-electron chi connectivity index (χ2n) is 8.69. The number of hydrogen-bond acceptors (Lipinski definition) is 5. The summed E-state index contributed by atoms with van der Waals surface area (Å²) < 4.78 is 30.2. The topological polar surface area (TPSA) is 142 Å². The van der Waals surface area contributed by atoms with Crippen LogP contribution in [0.1, 0.15) is 20.7 Å². The summed E-state index contributed by atoms with van der Waals surface area (Å²) in [5, 5.41) is 9.94. The number of primary sulfonamides is 1. The predicted octanol–water partition coefficient (Wildman–Crippen LogP) is 5.30. The highest BCUT2D eigenvalue weighted by atomic mass is 32.2. The van der Waals surface area contributed by atoms with E-state index in [0.717, 1.165) is 10.8 Å². The number of rotatable bonds is 7. The lowest BCUT2D eigenvalue weighted by Gasteiger charge is -2.16. The Bertz CT molecular complexity index is 1830. The zero-order valence-electron chi connectivity index (χ0n) is 20.5. The molecule has 2 amide bonds. The van der Waals surface area contributed by atoms with E-state index in [1.165, 1.54) is 12.1 Å². The van der Waals surface area contributed by atoms with Gasteiger partial charge in [-0.1, -0.05) is 72.8 Å². The minimum absolute atomic E-state index is 0.0205. The fraction of sp³-hybridized carbons (Fsp3) is 0. The predicted molar refractivity (Wildman–Crippen MR) is 150 cm³/mol. The molecule has 0 heterocycles. The molecule has 5 aromatic rings. The normalized spacial score (nSPS) is 11.2. The molecule has 0 saturated carbocycles. The van der Waals surface area contributed by atoms with Crippen LogP contribution in [-0.4, -0.2) is 20.2 Å². The number of para-hydroxylation sites is 1. The lowest BCUT2D eigenvalue weighted by molar-refractivity contribution is 0.100. The summed E-state index contributed by atoms with van der Waals surface area (Å²) in [6.07, 6.45) is 0. The van der Waals surface area contributed by atoms with E-state index in [0.29, 0.717) is 16.9 Å². The van der Waals surface area contributed by atoms with Gasteiger partial charge in [0, 0.05) is 16.5 Å². The number of carbonyl (C=O) groups is 2. The molecule has 0 aliphatic rings. The maximum absolute atomic E-state index is 13.2. The summed E-state index contributed by atoms with van der Waals surface area (Å²) in [5.41, 5.74) is 7.07. The Kier molecular flexibility index (Phi) is 6.84.